The molecule has 96 valence electrons. The highest BCUT2D eigenvalue weighted by Crippen LogP contribution is 2.17. The average molecular weight is 245 g/mol. The minimum Gasteiger partial charge on any atom is -0.462 e. The van der Waals surface area contributed by atoms with Crippen molar-refractivity contribution >= 4 is 11.7 Å². The molecule has 0 radical (unpaired) electrons. The van der Waals surface area contributed by atoms with Crippen LogP contribution in [0.15, 0.2) is 36.4 Å². The van der Waals surface area contributed by atoms with Gasteiger partial charge in [0, 0.05) is 11.7 Å². The number of anilines is 1. The number of esters is 1. The minimum atomic E-state index is -0.262. The van der Waals surface area contributed by atoms with E-state index in [1.807, 2.05) is 19.1 Å². The molecule has 1 aliphatic rings. The monoisotopic (exact) mass is 245 g/mol. The molecule has 1 atom stereocenters. The molecule has 0 spiro atoms. The zero-order chi connectivity index (χ0) is 12.8. The van der Waals surface area contributed by atoms with E-state index in [2.05, 4.69) is 17.5 Å². The van der Waals surface area contributed by atoms with E-state index < -0.39 is 0 Å². The van der Waals surface area contributed by atoms with E-state index in [9.17, 15) is 4.79 Å². The lowest BCUT2D eigenvalue weighted by atomic mass is 10.0. The molecule has 0 amide bonds. The van der Waals surface area contributed by atoms with Crippen molar-refractivity contribution in [2.24, 2.45) is 0 Å². The molecule has 3 heteroatoms. The third kappa shape index (κ3) is 3.36. The van der Waals surface area contributed by atoms with Gasteiger partial charge in [-0.15, -0.1) is 0 Å². The van der Waals surface area contributed by atoms with Gasteiger partial charge in [-0.1, -0.05) is 12.2 Å². The van der Waals surface area contributed by atoms with Gasteiger partial charge in [0.15, 0.2) is 0 Å². The fraction of sp³-hybridized carbons (Fsp3) is 0.400. The number of nitrogens with one attached hydrogen (secondary N) is 1. The van der Waals surface area contributed by atoms with Crippen LogP contribution in [0.2, 0.25) is 0 Å². The highest BCUT2D eigenvalue weighted by atomic mass is 16.5. The highest BCUT2D eigenvalue weighted by Gasteiger charge is 2.09. The third-order valence-corrected chi connectivity index (χ3v) is 3.00. The van der Waals surface area contributed by atoms with Crippen LogP contribution in [0.1, 0.15) is 36.5 Å². The second kappa shape index (κ2) is 6.24. The molecule has 3 nitrogen and oxygen atoms in total. The fourth-order valence-electron chi connectivity index (χ4n) is 2.06. The molecule has 1 aliphatic carbocycles. The van der Waals surface area contributed by atoms with Crippen LogP contribution < -0.4 is 5.32 Å². The molecule has 0 heterocycles. The number of rotatable bonds is 4. The Labute approximate surface area is 108 Å². The molecule has 1 aromatic rings. The maximum atomic E-state index is 11.5. The molecule has 1 N–H and O–H groups in total. The van der Waals surface area contributed by atoms with Gasteiger partial charge in [0.25, 0.3) is 0 Å². The zero-order valence-corrected chi connectivity index (χ0v) is 10.7. The van der Waals surface area contributed by atoms with Crippen LogP contribution >= 0.6 is 0 Å². The Hall–Kier alpha value is -1.77. The van der Waals surface area contributed by atoms with E-state index in [0.29, 0.717) is 18.2 Å². The van der Waals surface area contributed by atoms with E-state index >= 15 is 0 Å². The van der Waals surface area contributed by atoms with Gasteiger partial charge in [0.2, 0.25) is 0 Å². The summed E-state index contributed by atoms with van der Waals surface area (Å²) < 4.78 is 4.95. The topological polar surface area (TPSA) is 38.3 Å². The molecule has 18 heavy (non-hydrogen) atoms. The van der Waals surface area contributed by atoms with Gasteiger partial charge in [0.05, 0.1) is 12.2 Å². The van der Waals surface area contributed by atoms with Crippen molar-refractivity contribution in [3.05, 3.63) is 42.0 Å². The number of ether oxygens (including phenoxy) is 1. The number of carbonyl (C=O) groups is 1. The summed E-state index contributed by atoms with van der Waals surface area (Å²) in [4.78, 5) is 11.5. The summed E-state index contributed by atoms with van der Waals surface area (Å²) in [6, 6.07) is 7.86. The normalized spacial score (nSPS) is 18.4. The van der Waals surface area contributed by atoms with Crippen LogP contribution in [0.25, 0.3) is 0 Å². The zero-order valence-electron chi connectivity index (χ0n) is 10.7. The van der Waals surface area contributed by atoms with Gasteiger partial charge in [-0.25, -0.2) is 4.79 Å². The molecular formula is C15H19NO2. The van der Waals surface area contributed by atoms with E-state index in [0.717, 1.165) is 12.1 Å². The summed E-state index contributed by atoms with van der Waals surface area (Å²) in [6.07, 6.45) is 8.00. The Morgan fingerprint density at radius 2 is 2.17 bits per heavy atom. The smallest absolute Gasteiger partial charge is 0.338 e. The van der Waals surface area contributed by atoms with Crippen LogP contribution in [-0.2, 0) is 4.74 Å². The van der Waals surface area contributed by atoms with Gasteiger partial charge in [-0.2, -0.15) is 0 Å². The van der Waals surface area contributed by atoms with Crippen molar-refractivity contribution in [2.45, 2.75) is 32.2 Å². The maximum Gasteiger partial charge on any atom is 0.338 e. The molecular weight excluding hydrogens is 226 g/mol. The molecule has 0 aliphatic heterocycles. The van der Waals surface area contributed by atoms with E-state index in [4.69, 9.17) is 4.74 Å². The SMILES string of the molecule is CCOC(=O)c1ccc(N[C@@H]2C=CCCC2)cc1. The van der Waals surface area contributed by atoms with Gasteiger partial charge >= 0.3 is 5.97 Å². The predicted octanol–water partition coefficient (Wildman–Crippen LogP) is 3.38. The number of hydrogen-bond donors (Lipinski definition) is 1. The van der Waals surface area contributed by atoms with Gasteiger partial charge in [0.1, 0.15) is 0 Å². The van der Waals surface area contributed by atoms with Crippen LogP contribution in [0.4, 0.5) is 5.69 Å². The van der Waals surface area contributed by atoms with Crippen LogP contribution in [0, 0.1) is 0 Å². The molecule has 2 rings (SSSR count). The van der Waals surface area contributed by atoms with Gasteiger partial charge in [-0.3, -0.25) is 0 Å². The third-order valence-electron chi connectivity index (χ3n) is 3.00. The fourth-order valence-corrected chi connectivity index (χ4v) is 2.06. The van der Waals surface area contributed by atoms with Gasteiger partial charge in [-0.05, 0) is 50.5 Å². The van der Waals surface area contributed by atoms with Crippen molar-refractivity contribution in [1.82, 2.24) is 0 Å². The van der Waals surface area contributed by atoms with E-state index in [1.165, 1.54) is 12.8 Å². The van der Waals surface area contributed by atoms with E-state index in [1.54, 1.807) is 12.1 Å². The Bertz CT molecular complexity index is 423. The second-order valence-corrected chi connectivity index (χ2v) is 4.41. The van der Waals surface area contributed by atoms with Crippen molar-refractivity contribution in [3.8, 4) is 0 Å². The summed E-state index contributed by atoms with van der Waals surface area (Å²) >= 11 is 0. The number of carbonyl (C=O) groups excluding carboxylic acids is 1. The minimum absolute atomic E-state index is 0.262. The van der Waals surface area contributed by atoms with Gasteiger partial charge < -0.3 is 10.1 Å². The van der Waals surface area contributed by atoms with Crippen LogP contribution in [0.5, 0.6) is 0 Å². The molecule has 0 fully saturated rings. The van der Waals surface area contributed by atoms with Crippen LogP contribution in [-0.4, -0.2) is 18.6 Å². The quantitative estimate of drug-likeness (QED) is 0.652. The molecule has 0 aromatic heterocycles. The van der Waals surface area contributed by atoms with Crippen molar-refractivity contribution in [3.63, 3.8) is 0 Å². The molecule has 0 saturated carbocycles. The first-order valence-corrected chi connectivity index (χ1v) is 6.50. The summed E-state index contributed by atoms with van der Waals surface area (Å²) in [5, 5.41) is 3.44. The van der Waals surface area contributed by atoms with Crippen molar-refractivity contribution in [1.29, 1.82) is 0 Å². The van der Waals surface area contributed by atoms with Crippen molar-refractivity contribution < 1.29 is 9.53 Å². The molecule has 0 bridgehead atoms. The standard InChI is InChI=1S/C15H19NO2/c1-2-18-15(17)12-8-10-14(11-9-12)16-13-6-4-3-5-7-13/h4,6,8-11,13,16H,2-3,5,7H2,1H3/t13-/m1/s1. The highest BCUT2D eigenvalue weighted by molar-refractivity contribution is 5.89. The Morgan fingerprint density at radius 1 is 1.39 bits per heavy atom. The molecule has 1 aromatic carbocycles. The predicted molar refractivity (Wildman–Crippen MR) is 72.8 cm³/mol. The Morgan fingerprint density at radius 3 is 2.78 bits per heavy atom. The van der Waals surface area contributed by atoms with Crippen molar-refractivity contribution in [2.75, 3.05) is 11.9 Å². The average Bonchev–Trinajstić information content (AvgIpc) is 2.41. The Balaban J connectivity index is 1.96. The summed E-state index contributed by atoms with van der Waals surface area (Å²) in [5.41, 5.74) is 1.64. The molecule has 0 unspecified atom stereocenters. The first kappa shape index (κ1) is 12.7. The molecule has 0 saturated heterocycles. The van der Waals surface area contributed by atoms with E-state index in [-0.39, 0.29) is 5.97 Å². The lowest BCUT2D eigenvalue weighted by Gasteiger charge is -2.19. The maximum absolute atomic E-state index is 11.5. The summed E-state index contributed by atoms with van der Waals surface area (Å²) in [7, 11) is 0. The number of hydrogen-bond acceptors (Lipinski definition) is 3. The lowest BCUT2D eigenvalue weighted by molar-refractivity contribution is 0.0526. The Kier molecular flexibility index (Phi) is 4.40. The first-order valence-electron chi connectivity index (χ1n) is 6.50. The lowest BCUT2D eigenvalue weighted by Crippen LogP contribution is -2.18. The summed E-state index contributed by atoms with van der Waals surface area (Å²) in [5.74, 6) is -0.262. The van der Waals surface area contributed by atoms with Crippen LogP contribution in [0.3, 0.4) is 0 Å². The second-order valence-electron chi connectivity index (χ2n) is 4.41. The number of benzene rings is 1. The largest absolute Gasteiger partial charge is 0.462 e. The summed E-state index contributed by atoms with van der Waals surface area (Å²) in [6.45, 7) is 2.22. The first-order chi connectivity index (χ1) is 8.79. The number of allylic oxidation sites excluding steroid dienone is 1.